The van der Waals surface area contributed by atoms with Crippen LogP contribution in [-0.2, 0) is 0 Å². The third-order valence-electron chi connectivity index (χ3n) is 2.14. The minimum absolute atomic E-state index is 0.419. The first kappa shape index (κ1) is 10.8. The highest BCUT2D eigenvalue weighted by molar-refractivity contribution is 5.74. The highest BCUT2D eigenvalue weighted by Gasteiger charge is 2.04. The van der Waals surface area contributed by atoms with E-state index in [-0.39, 0.29) is 0 Å². The van der Waals surface area contributed by atoms with Crippen molar-refractivity contribution in [1.29, 1.82) is 0 Å². The molecule has 0 aliphatic heterocycles. The molecule has 0 amide bonds. The highest BCUT2D eigenvalue weighted by Crippen LogP contribution is 2.17. The molecule has 0 saturated heterocycles. The third kappa shape index (κ3) is 2.91. The molecule has 0 aliphatic carbocycles. The minimum atomic E-state index is 0.419. The zero-order chi connectivity index (χ0) is 10.4. The molecule has 0 fully saturated rings. The second kappa shape index (κ2) is 5.47. The molecular formula is C11H17NO2. The maximum atomic E-state index is 10.5. The van der Waals surface area contributed by atoms with Gasteiger partial charge in [-0.3, -0.25) is 4.79 Å². The highest BCUT2D eigenvalue weighted by atomic mass is 16.4. The summed E-state index contributed by atoms with van der Waals surface area (Å²) in [6, 6.07) is 1.86. The summed E-state index contributed by atoms with van der Waals surface area (Å²) in [5.74, 6) is 1.11. The zero-order valence-corrected chi connectivity index (χ0v) is 8.80. The molecule has 1 heterocycles. The van der Waals surface area contributed by atoms with Crippen LogP contribution in [0.1, 0.15) is 42.3 Å². The summed E-state index contributed by atoms with van der Waals surface area (Å²) in [5.41, 5.74) is 0.887. The quantitative estimate of drug-likeness (QED) is 0.560. The number of nitrogens with one attached hydrogen (secondary N) is 1. The van der Waals surface area contributed by atoms with Crippen LogP contribution in [-0.4, -0.2) is 12.8 Å². The molecule has 0 radical (unpaired) electrons. The van der Waals surface area contributed by atoms with Crippen molar-refractivity contribution in [1.82, 2.24) is 0 Å². The van der Waals surface area contributed by atoms with Crippen LogP contribution in [0.3, 0.4) is 0 Å². The molecule has 14 heavy (non-hydrogen) atoms. The fraction of sp³-hybridized carbons (Fsp3) is 0.545. The van der Waals surface area contributed by atoms with Crippen LogP contribution in [0, 0.1) is 6.92 Å². The lowest BCUT2D eigenvalue weighted by Crippen LogP contribution is -1.99. The molecular weight excluding hydrogens is 178 g/mol. The summed E-state index contributed by atoms with van der Waals surface area (Å²) < 4.78 is 5.26. The van der Waals surface area contributed by atoms with Gasteiger partial charge in [0.05, 0.1) is 0 Å². The summed E-state index contributed by atoms with van der Waals surface area (Å²) in [6.45, 7) is 4.94. The standard InChI is InChI=1S/C11H17NO2/c1-3-4-5-6-12-11-7-9(2)10(8-13)14-11/h7-8,12H,3-6H2,1-2H3. The second-order valence-electron chi connectivity index (χ2n) is 3.41. The number of carbonyl (C=O) groups is 1. The molecule has 0 unspecified atom stereocenters. The Morgan fingerprint density at radius 2 is 2.29 bits per heavy atom. The third-order valence-corrected chi connectivity index (χ3v) is 2.14. The number of aldehydes is 1. The number of aryl methyl sites for hydroxylation is 1. The van der Waals surface area contributed by atoms with E-state index in [2.05, 4.69) is 12.2 Å². The molecule has 1 N–H and O–H groups in total. The van der Waals surface area contributed by atoms with E-state index in [9.17, 15) is 4.79 Å². The number of furan rings is 1. The fourth-order valence-corrected chi connectivity index (χ4v) is 1.29. The van der Waals surface area contributed by atoms with Crippen LogP contribution in [0.15, 0.2) is 10.5 Å². The first-order valence-electron chi connectivity index (χ1n) is 5.07. The van der Waals surface area contributed by atoms with Crippen molar-refractivity contribution < 1.29 is 9.21 Å². The topological polar surface area (TPSA) is 42.2 Å². The summed E-state index contributed by atoms with van der Waals surface area (Å²) in [5, 5.41) is 3.15. The van der Waals surface area contributed by atoms with Crippen molar-refractivity contribution in [3.8, 4) is 0 Å². The second-order valence-corrected chi connectivity index (χ2v) is 3.41. The minimum Gasteiger partial charge on any atom is -0.438 e. The summed E-state index contributed by atoms with van der Waals surface area (Å²) in [4.78, 5) is 10.5. The van der Waals surface area contributed by atoms with Crippen molar-refractivity contribution >= 4 is 12.2 Å². The average Bonchev–Trinajstić information content (AvgIpc) is 2.54. The Morgan fingerprint density at radius 1 is 1.50 bits per heavy atom. The van der Waals surface area contributed by atoms with Gasteiger partial charge < -0.3 is 9.73 Å². The van der Waals surface area contributed by atoms with Gasteiger partial charge in [-0.15, -0.1) is 0 Å². The fourth-order valence-electron chi connectivity index (χ4n) is 1.29. The number of anilines is 1. The van der Waals surface area contributed by atoms with Crippen molar-refractivity contribution in [3.63, 3.8) is 0 Å². The van der Waals surface area contributed by atoms with Crippen molar-refractivity contribution in [2.24, 2.45) is 0 Å². The molecule has 0 spiro atoms. The molecule has 0 aliphatic rings. The number of unbranched alkanes of at least 4 members (excludes halogenated alkanes) is 2. The molecule has 3 nitrogen and oxygen atoms in total. The van der Waals surface area contributed by atoms with Gasteiger partial charge in [-0.2, -0.15) is 0 Å². The van der Waals surface area contributed by atoms with Gasteiger partial charge in [-0.05, 0) is 13.3 Å². The molecule has 0 atom stereocenters. The van der Waals surface area contributed by atoms with E-state index in [1.54, 1.807) is 0 Å². The van der Waals surface area contributed by atoms with Crippen molar-refractivity contribution in [3.05, 3.63) is 17.4 Å². The van der Waals surface area contributed by atoms with Crippen molar-refractivity contribution in [2.45, 2.75) is 33.1 Å². The van der Waals surface area contributed by atoms with Gasteiger partial charge in [0, 0.05) is 18.2 Å². The first-order valence-corrected chi connectivity index (χ1v) is 5.07. The smallest absolute Gasteiger partial charge is 0.194 e. The van der Waals surface area contributed by atoms with Gasteiger partial charge >= 0.3 is 0 Å². The maximum Gasteiger partial charge on any atom is 0.194 e. The Labute approximate surface area is 84.5 Å². The Morgan fingerprint density at radius 3 is 2.86 bits per heavy atom. The van der Waals surface area contributed by atoms with Crippen LogP contribution >= 0.6 is 0 Å². The van der Waals surface area contributed by atoms with Gasteiger partial charge in [0.15, 0.2) is 17.9 Å². The lowest BCUT2D eigenvalue weighted by Gasteiger charge is -2.00. The Kier molecular flexibility index (Phi) is 4.23. The molecule has 78 valence electrons. The van der Waals surface area contributed by atoms with E-state index in [0.717, 1.165) is 24.8 Å². The Bertz CT molecular complexity index is 291. The SMILES string of the molecule is CCCCCNc1cc(C)c(C=O)o1. The number of carbonyl (C=O) groups excluding carboxylic acids is 1. The lowest BCUT2D eigenvalue weighted by atomic mass is 10.2. The molecule has 1 rings (SSSR count). The molecule has 1 aromatic heterocycles. The van der Waals surface area contributed by atoms with Crippen molar-refractivity contribution in [2.75, 3.05) is 11.9 Å². The predicted octanol–water partition coefficient (Wildman–Crippen LogP) is 3.00. The summed E-state index contributed by atoms with van der Waals surface area (Å²) in [6.07, 6.45) is 4.30. The van der Waals surface area contributed by atoms with E-state index < -0.39 is 0 Å². The summed E-state index contributed by atoms with van der Waals surface area (Å²) >= 11 is 0. The van der Waals surface area contributed by atoms with Crippen LogP contribution in [0.2, 0.25) is 0 Å². The Hall–Kier alpha value is -1.25. The largest absolute Gasteiger partial charge is 0.438 e. The zero-order valence-electron chi connectivity index (χ0n) is 8.80. The van der Waals surface area contributed by atoms with Gasteiger partial charge in [0.1, 0.15) is 0 Å². The van der Waals surface area contributed by atoms with Gasteiger partial charge in [0.2, 0.25) is 0 Å². The van der Waals surface area contributed by atoms with E-state index in [4.69, 9.17) is 4.42 Å². The monoisotopic (exact) mass is 195 g/mol. The maximum absolute atomic E-state index is 10.5. The van der Waals surface area contributed by atoms with Crippen LogP contribution in [0.4, 0.5) is 5.88 Å². The van der Waals surface area contributed by atoms with E-state index in [1.165, 1.54) is 12.8 Å². The van der Waals surface area contributed by atoms with Crippen LogP contribution in [0.5, 0.6) is 0 Å². The molecule has 0 saturated carbocycles. The summed E-state index contributed by atoms with van der Waals surface area (Å²) in [7, 11) is 0. The number of hydrogen-bond donors (Lipinski definition) is 1. The average molecular weight is 195 g/mol. The molecule has 3 heteroatoms. The lowest BCUT2D eigenvalue weighted by molar-refractivity contribution is 0.110. The van der Waals surface area contributed by atoms with Crippen LogP contribution < -0.4 is 5.32 Å². The first-order chi connectivity index (χ1) is 6.77. The van der Waals surface area contributed by atoms with Gasteiger partial charge in [-0.25, -0.2) is 0 Å². The van der Waals surface area contributed by atoms with E-state index >= 15 is 0 Å². The van der Waals surface area contributed by atoms with E-state index in [1.807, 2.05) is 13.0 Å². The molecule has 1 aromatic rings. The normalized spacial score (nSPS) is 10.1. The van der Waals surface area contributed by atoms with E-state index in [0.29, 0.717) is 11.6 Å². The molecule has 0 aromatic carbocycles. The van der Waals surface area contributed by atoms with Gasteiger partial charge in [0.25, 0.3) is 0 Å². The van der Waals surface area contributed by atoms with Crippen LogP contribution in [0.25, 0.3) is 0 Å². The Balaban J connectivity index is 2.39. The molecule has 0 bridgehead atoms. The number of hydrogen-bond acceptors (Lipinski definition) is 3. The number of rotatable bonds is 6. The predicted molar refractivity (Wildman–Crippen MR) is 56.8 cm³/mol. The van der Waals surface area contributed by atoms with Gasteiger partial charge in [-0.1, -0.05) is 19.8 Å².